The van der Waals surface area contributed by atoms with Crippen molar-refractivity contribution in [1.82, 2.24) is 10.2 Å². The molecule has 7 heteroatoms. The van der Waals surface area contributed by atoms with E-state index >= 15 is 0 Å². The average molecular weight is 320 g/mol. The fraction of sp³-hybridized carbons (Fsp3) is 0.438. The Balaban J connectivity index is 2.50. The molecule has 124 valence electrons. The van der Waals surface area contributed by atoms with Crippen LogP contribution in [0.2, 0.25) is 0 Å². The highest BCUT2D eigenvalue weighted by molar-refractivity contribution is 5.92. The maximum atomic E-state index is 12.4. The monoisotopic (exact) mass is 320 g/mol. The fourth-order valence-corrected chi connectivity index (χ4v) is 3.03. The molecule has 2 rings (SSSR count). The van der Waals surface area contributed by atoms with Crippen molar-refractivity contribution in [2.75, 3.05) is 14.2 Å². The lowest BCUT2D eigenvalue weighted by Crippen LogP contribution is -2.66. The number of likely N-dealkylation sites (N-methyl/N-ethyl adjacent to an activating group) is 1. The summed E-state index contributed by atoms with van der Waals surface area (Å²) in [6, 6.07) is 6.48. The number of likely N-dealkylation sites (tertiary alicyclic amines) is 1. The minimum atomic E-state index is -1.66. The van der Waals surface area contributed by atoms with Crippen LogP contribution in [0, 0.1) is 0 Å². The maximum Gasteiger partial charge on any atom is 0.331 e. The molecule has 23 heavy (non-hydrogen) atoms. The van der Waals surface area contributed by atoms with Crippen molar-refractivity contribution in [3.05, 3.63) is 35.9 Å². The van der Waals surface area contributed by atoms with Crippen LogP contribution in [-0.4, -0.2) is 54.0 Å². The number of hydrogen-bond acceptors (Lipinski definition) is 5. The molecule has 0 aliphatic carbocycles. The number of piperidine rings is 1. The standard InChI is InChI=1S/C16H20N2O5/c1-10(19)17-12-9-16(22,11-7-5-4-6-8-11)13(15(21)23-3)18(2)14(12)20/h4-8,12-13,22H,9H2,1-3H3,(H,17,19)/t12-,13+,16+/m0/s1. The summed E-state index contributed by atoms with van der Waals surface area (Å²) in [7, 11) is 2.61. The molecular formula is C16H20N2O5. The van der Waals surface area contributed by atoms with Gasteiger partial charge in [0.15, 0.2) is 6.04 Å². The van der Waals surface area contributed by atoms with E-state index < -0.39 is 29.6 Å². The Morgan fingerprint density at radius 2 is 1.96 bits per heavy atom. The van der Waals surface area contributed by atoms with Crippen LogP contribution in [0.1, 0.15) is 18.9 Å². The van der Waals surface area contributed by atoms with Gasteiger partial charge in [0.1, 0.15) is 11.6 Å². The van der Waals surface area contributed by atoms with Crippen LogP contribution in [0.25, 0.3) is 0 Å². The fourth-order valence-electron chi connectivity index (χ4n) is 3.03. The van der Waals surface area contributed by atoms with E-state index in [0.717, 1.165) is 4.90 Å². The second-order valence-electron chi connectivity index (χ2n) is 5.62. The van der Waals surface area contributed by atoms with Crippen molar-refractivity contribution >= 4 is 17.8 Å². The van der Waals surface area contributed by atoms with Crippen LogP contribution in [0.15, 0.2) is 30.3 Å². The SMILES string of the molecule is COC(=O)[C@H]1N(C)C(=O)[C@@H](NC(C)=O)C[C@@]1(O)c1ccccc1. The predicted molar refractivity (Wildman–Crippen MR) is 81.1 cm³/mol. The number of methoxy groups -OCH3 is 1. The van der Waals surface area contributed by atoms with Crippen LogP contribution in [0.4, 0.5) is 0 Å². The van der Waals surface area contributed by atoms with Crippen LogP contribution in [0.5, 0.6) is 0 Å². The third-order valence-corrected chi connectivity index (χ3v) is 4.08. The number of hydrogen-bond donors (Lipinski definition) is 2. The normalized spacial score (nSPS) is 27.5. The smallest absolute Gasteiger partial charge is 0.331 e. The number of carbonyl (C=O) groups is 3. The Morgan fingerprint density at radius 1 is 1.35 bits per heavy atom. The van der Waals surface area contributed by atoms with Gasteiger partial charge in [0, 0.05) is 20.4 Å². The zero-order chi connectivity index (χ0) is 17.2. The van der Waals surface area contributed by atoms with Crippen LogP contribution < -0.4 is 5.32 Å². The van der Waals surface area contributed by atoms with Gasteiger partial charge >= 0.3 is 5.97 Å². The minimum absolute atomic E-state index is 0.112. The Morgan fingerprint density at radius 3 is 2.48 bits per heavy atom. The summed E-state index contributed by atoms with van der Waals surface area (Å²) in [5, 5.41) is 13.8. The first-order valence-corrected chi connectivity index (χ1v) is 7.20. The highest BCUT2D eigenvalue weighted by atomic mass is 16.5. The molecule has 2 N–H and O–H groups in total. The first-order valence-electron chi connectivity index (χ1n) is 7.20. The van der Waals surface area contributed by atoms with E-state index in [2.05, 4.69) is 5.32 Å². The molecule has 1 aliphatic heterocycles. The lowest BCUT2D eigenvalue weighted by molar-refractivity contribution is -0.176. The number of esters is 1. The Hall–Kier alpha value is -2.41. The predicted octanol–water partition coefficient (Wildman–Crippen LogP) is -0.217. The summed E-state index contributed by atoms with van der Waals surface area (Å²) >= 11 is 0. The molecule has 0 aromatic heterocycles. The zero-order valence-electron chi connectivity index (χ0n) is 13.3. The van der Waals surface area contributed by atoms with Gasteiger partial charge in [0.05, 0.1) is 7.11 Å². The number of nitrogens with one attached hydrogen (secondary N) is 1. The lowest BCUT2D eigenvalue weighted by Gasteiger charge is -2.46. The number of ether oxygens (including phenoxy) is 1. The van der Waals surface area contributed by atoms with E-state index in [4.69, 9.17) is 4.74 Å². The number of nitrogens with zero attached hydrogens (tertiary/aromatic N) is 1. The van der Waals surface area contributed by atoms with Gasteiger partial charge in [-0.1, -0.05) is 30.3 Å². The molecule has 7 nitrogen and oxygen atoms in total. The summed E-state index contributed by atoms with van der Waals surface area (Å²) < 4.78 is 4.76. The third kappa shape index (κ3) is 3.05. The van der Waals surface area contributed by atoms with Crippen molar-refractivity contribution in [2.45, 2.75) is 31.0 Å². The molecule has 1 saturated heterocycles. The van der Waals surface area contributed by atoms with Crippen LogP contribution in [-0.2, 0) is 24.7 Å². The number of amides is 2. The second kappa shape index (κ2) is 6.37. The van der Waals surface area contributed by atoms with Gasteiger partial charge in [-0.3, -0.25) is 9.59 Å². The first kappa shape index (κ1) is 17.0. The zero-order valence-corrected chi connectivity index (χ0v) is 13.3. The molecular weight excluding hydrogens is 300 g/mol. The van der Waals surface area contributed by atoms with E-state index in [9.17, 15) is 19.5 Å². The molecule has 1 fully saturated rings. The van der Waals surface area contributed by atoms with E-state index in [1.165, 1.54) is 21.1 Å². The van der Waals surface area contributed by atoms with Crippen molar-refractivity contribution < 1.29 is 24.2 Å². The summed E-state index contributed by atoms with van der Waals surface area (Å²) in [6.45, 7) is 1.29. The van der Waals surface area contributed by atoms with Gasteiger partial charge in [-0.25, -0.2) is 4.79 Å². The van der Waals surface area contributed by atoms with Gasteiger partial charge in [-0.2, -0.15) is 0 Å². The highest BCUT2D eigenvalue weighted by Gasteiger charge is 2.54. The quantitative estimate of drug-likeness (QED) is 0.751. The van der Waals surface area contributed by atoms with Crippen molar-refractivity contribution in [1.29, 1.82) is 0 Å². The Bertz CT molecular complexity index is 618. The minimum Gasteiger partial charge on any atom is -0.467 e. The average Bonchev–Trinajstić information content (AvgIpc) is 2.52. The summed E-state index contributed by atoms with van der Waals surface area (Å²) in [5.41, 5.74) is -1.19. The van der Waals surface area contributed by atoms with Gasteiger partial charge in [-0.15, -0.1) is 0 Å². The van der Waals surface area contributed by atoms with Gasteiger partial charge < -0.3 is 20.1 Å². The molecule has 0 bridgehead atoms. The summed E-state index contributed by atoms with van der Waals surface area (Å²) in [4.78, 5) is 37.0. The van der Waals surface area contributed by atoms with Crippen molar-refractivity contribution in [2.24, 2.45) is 0 Å². The van der Waals surface area contributed by atoms with Gasteiger partial charge in [-0.05, 0) is 5.56 Å². The number of carbonyl (C=O) groups excluding carboxylic acids is 3. The molecule has 1 aromatic rings. The molecule has 3 atom stereocenters. The highest BCUT2D eigenvalue weighted by Crippen LogP contribution is 2.37. The summed E-state index contributed by atoms with van der Waals surface area (Å²) in [5.74, 6) is -1.55. The summed E-state index contributed by atoms with van der Waals surface area (Å²) in [6.07, 6.45) is -0.112. The van der Waals surface area contributed by atoms with Crippen LogP contribution >= 0.6 is 0 Å². The lowest BCUT2D eigenvalue weighted by atomic mass is 9.76. The van der Waals surface area contributed by atoms with E-state index in [-0.39, 0.29) is 12.3 Å². The topological polar surface area (TPSA) is 95.9 Å². The largest absolute Gasteiger partial charge is 0.467 e. The van der Waals surface area contributed by atoms with Gasteiger partial charge in [0.25, 0.3) is 0 Å². The molecule has 1 heterocycles. The van der Waals surface area contributed by atoms with E-state index in [0.29, 0.717) is 5.56 Å². The molecule has 0 saturated carbocycles. The number of benzene rings is 1. The molecule has 0 spiro atoms. The van der Waals surface area contributed by atoms with Crippen molar-refractivity contribution in [3.63, 3.8) is 0 Å². The second-order valence-corrected chi connectivity index (χ2v) is 5.62. The maximum absolute atomic E-state index is 12.4. The van der Waals surface area contributed by atoms with Gasteiger partial charge in [0.2, 0.25) is 11.8 Å². The molecule has 0 radical (unpaired) electrons. The Kier molecular flexibility index (Phi) is 4.70. The van der Waals surface area contributed by atoms with E-state index in [1.807, 2.05) is 0 Å². The molecule has 1 aromatic carbocycles. The number of aliphatic hydroxyl groups is 1. The van der Waals surface area contributed by atoms with Crippen LogP contribution in [0.3, 0.4) is 0 Å². The Labute approximate surface area is 134 Å². The number of rotatable bonds is 3. The first-order chi connectivity index (χ1) is 10.8. The molecule has 1 aliphatic rings. The van der Waals surface area contributed by atoms with E-state index in [1.54, 1.807) is 30.3 Å². The molecule has 2 amide bonds. The third-order valence-electron chi connectivity index (χ3n) is 4.08. The molecule has 0 unspecified atom stereocenters. The van der Waals surface area contributed by atoms with Crippen molar-refractivity contribution in [3.8, 4) is 0 Å².